The average Bonchev–Trinajstić information content (AvgIpc) is 2.42. The van der Waals surface area contributed by atoms with Gasteiger partial charge in [-0.1, -0.05) is 6.07 Å². The Morgan fingerprint density at radius 2 is 2.00 bits per heavy atom. The fraction of sp³-hybridized carbons (Fsp3) is 0.385. The van der Waals surface area contributed by atoms with Gasteiger partial charge >= 0.3 is 11.9 Å². The molecule has 1 aromatic rings. The summed E-state index contributed by atoms with van der Waals surface area (Å²) in [7, 11) is -2.84. The molecule has 21 heavy (non-hydrogen) atoms. The van der Waals surface area contributed by atoms with E-state index in [1.54, 1.807) is 0 Å². The normalized spacial score (nSPS) is 16.8. The number of carboxylic acids is 1. The number of sulfonamides is 1. The van der Waals surface area contributed by atoms with Crippen molar-refractivity contribution in [3.63, 3.8) is 0 Å². The van der Waals surface area contributed by atoms with Crippen molar-refractivity contribution in [2.75, 3.05) is 7.11 Å². The van der Waals surface area contributed by atoms with Gasteiger partial charge in [0.2, 0.25) is 10.0 Å². The Balaban J connectivity index is 2.32. The number of methoxy groups -OCH3 is 1. The van der Waals surface area contributed by atoms with Crippen LogP contribution in [0.4, 0.5) is 0 Å². The quantitative estimate of drug-likeness (QED) is 0.777. The van der Waals surface area contributed by atoms with Crippen LogP contribution in [0, 0.1) is 0 Å². The molecule has 0 amide bonds. The summed E-state index contributed by atoms with van der Waals surface area (Å²) in [6.45, 7) is 0. The molecule has 1 aromatic carbocycles. The summed E-state index contributed by atoms with van der Waals surface area (Å²) in [6.07, 6.45) is 1.15. The van der Waals surface area contributed by atoms with Crippen LogP contribution in [0.5, 0.6) is 0 Å². The van der Waals surface area contributed by atoms with Gasteiger partial charge in [-0.3, -0.25) is 4.79 Å². The Morgan fingerprint density at radius 3 is 2.48 bits per heavy atom. The Labute approximate surface area is 122 Å². The van der Waals surface area contributed by atoms with Crippen LogP contribution in [0.3, 0.4) is 0 Å². The van der Waals surface area contributed by atoms with Gasteiger partial charge in [0.05, 0.1) is 17.6 Å². The molecule has 1 saturated carbocycles. The zero-order valence-electron chi connectivity index (χ0n) is 11.3. The minimum Gasteiger partial charge on any atom is -0.480 e. The van der Waals surface area contributed by atoms with Crippen LogP contribution in [-0.2, 0) is 19.6 Å². The zero-order chi connectivity index (χ0) is 15.7. The summed E-state index contributed by atoms with van der Waals surface area (Å²) in [6, 6.07) is 5.27. The summed E-state index contributed by atoms with van der Waals surface area (Å²) >= 11 is 0. The second-order valence-electron chi connectivity index (χ2n) is 4.87. The maximum Gasteiger partial charge on any atom is 0.337 e. The molecule has 0 unspecified atom stereocenters. The number of carbonyl (C=O) groups is 2. The molecule has 0 spiro atoms. The van der Waals surface area contributed by atoms with Gasteiger partial charge in [-0.05, 0) is 37.5 Å². The third kappa shape index (κ3) is 2.91. The fourth-order valence-corrected chi connectivity index (χ4v) is 3.58. The van der Waals surface area contributed by atoms with Gasteiger partial charge in [0.15, 0.2) is 0 Å². The van der Waals surface area contributed by atoms with Gasteiger partial charge in [-0.15, -0.1) is 0 Å². The first kappa shape index (κ1) is 15.5. The number of rotatable bonds is 5. The van der Waals surface area contributed by atoms with E-state index in [2.05, 4.69) is 9.46 Å². The number of esters is 1. The van der Waals surface area contributed by atoms with E-state index >= 15 is 0 Å². The van der Waals surface area contributed by atoms with E-state index in [-0.39, 0.29) is 23.3 Å². The van der Waals surface area contributed by atoms with E-state index in [1.807, 2.05) is 0 Å². The van der Waals surface area contributed by atoms with Gasteiger partial charge in [-0.2, -0.15) is 4.72 Å². The summed E-state index contributed by atoms with van der Waals surface area (Å²) < 4.78 is 31.3. The van der Waals surface area contributed by atoms with Crippen molar-refractivity contribution in [2.24, 2.45) is 0 Å². The monoisotopic (exact) mass is 313 g/mol. The maximum absolute atomic E-state index is 12.3. The lowest BCUT2D eigenvalue weighted by Gasteiger charge is -2.37. The lowest BCUT2D eigenvalue weighted by atomic mass is 9.78. The topological polar surface area (TPSA) is 110 Å². The predicted octanol–water partition coefficient (Wildman–Crippen LogP) is 0.759. The van der Waals surface area contributed by atoms with Crippen LogP contribution in [0.1, 0.15) is 29.6 Å². The molecule has 0 aromatic heterocycles. The van der Waals surface area contributed by atoms with Crippen molar-refractivity contribution in [3.8, 4) is 0 Å². The standard InChI is InChI=1S/C13H15NO6S/c1-20-11(15)9-4-2-5-10(8-9)21(18,19)14-13(12(16)17)6-3-7-13/h2,4-5,8,14H,3,6-7H2,1H3,(H,16,17). The molecular weight excluding hydrogens is 298 g/mol. The third-order valence-corrected chi connectivity index (χ3v) is 5.05. The highest BCUT2D eigenvalue weighted by Crippen LogP contribution is 2.33. The molecule has 0 aliphatic heterocycles. The van der Waals surface area contributed by atoms with Crippen LogP contribution in [-0.4, -0.2) is 38.1 Å². The largest absolute Gasteiger partial charge is 0.480 e. The van der Waals surface area contributed by atoms with Crippen molar-refractivity contribution in [2.45, 2.75) is 29.7 Å². The molecule has 0 heterocycles. The minimum absolute atomic E-state index is 0.0818. The lowest BCUT2D eigenvalue weighted by Crippen LogP contribution is -2.58. The Kier molecular flexibility index (Phi) is 4.02. The number of hydrogen-bond acceptors (Lipinski definition) is 5. The zero-order valence-corrected chi connectivity index (χ0v) is 12.1. The van der Waals surface area contributed by atoms with Crippen LogP contribution in [0.2, 0.25) is 0 Å². The summed E-state index contributed by atoms with van der Waals surface area (Å²) in [4.78, 5) is 22.5. The van der Waals surface area contributed by atoms with Crippen molar-refractivity contribution >= 4 is 22.0 Å². The average molecular weight is 313 g/mol. The van der Waals surface area contributed by atoms with Gasteiger partial charge in [0.1, 0.15) is 5.54 Å². The summed E-state index contributed by atoms with van der Waals surface area (Å²) in [5, 5.41) is 9.17. The van der Waals surface area contributed by atoms with E-state index in [1.165, 1.54) is 25.3 Å². The number of carboxylic acid groups (broad SMARTS) is 1. The predicted molar refractivity (Wildman–Crippen MR) is 72.3 cm³/mol. The molecule has 7 nitrogen and oxygen atoms in total. The molecule has 0 atom stereocenters. The Bertz CT molecular complexity index is 678. The second kappa shape index (κ2) is 5.45. The van der Waals surface area contributed by atoms with Crippen LogP contribution < -0.4 is 4.72 Å². The number of ether oxygens (including phenoxy) is 1. The van der Waals surface area contributed by atoms with Gasteiger partial charge in [0.25, 0.3) is 0 Å². The van der Waals surface area contributed by atoms with Crippen molar-refractivity contribution in [3.05, 3.63) is 29.8 Å². The van der Waals surface area contributed by atoms with Crippen LogP contribution >= 0.6 is 0 Å². The molecule has 1 fully saturated rings. The van der Waals surface area contributed by atoms with Crippen LogP contribution in [0.15, 0.2) is 29.2 Å². The van der Waals surface area contributed by atoms with Gasteiger partial charge in [0, 0.05) is 0 Å². The molecule has 1 aliphatic carbocycles. The van der Waals surface area contributed by atoms with E-state index < -0.39 is 27.5 Å². The molecule has 1 aliphatic rings. The summed E-state index contributed by atoms with van der Waals surface area (Å²) in [5.74, 6) is -1.86. The van der Waals surface area contributed by atoms with E-state index in [9.17, 15) is 23.1 Å². The smallest absolute Gasteiger partial charge is 0.337 e. The minimum atomic E-state index is -4.03. The first-order chi connectivity index (χ1) is 9.81. The Hall–Kier alpha value is -1.93. The number of hydrogen-bond donors (Lipinski definition) is 2. The fourth-order valence-electron chi connectivity index (χ4n) is 2.11. The first-order valence-electron chi connectivity index (χ1n) is 6.26. The molecule has 2 rings (SSSR count). The maximum atomic E-state index is 12.3. The molecular formula is C13H15NO6S. The molecule has 0 radical (unpaired) electrons. The molecule has 0 bridgehead atoms. The highest BCUT2D eigenvalue weighted by molar-refractivity contribution is 7.89. The molecule has 0 saturated heterocycles. The number of benzene rings is 1. The van der Waals surface area contributed by atoms with E-state index in [0.717, 1.165) is 6.07 Å². The molecule has 2 N–H and O–H groups in total. The Morgan fingerprint density at radius 1 is 1.33 bits per heavy atom. The van der Waals surface area contributed by atoms with Crippen molar-refractivity contribution in [1.82, 2.24) is 4.72 Å². The summed E-state index contributed by atoms with van der Waals surface area (Å²) in [5.41, 5.74) is -1.36. The highest BCUT2D eigenvalue weighted by Gasteiger charge is 2.47. The van der Waals surface area contributed by atoms with E-state index in [0.29, 0.717) is 6.42 Å². The SMILES string of the molecule is COC(=O)c1cccc(S(=O)(=O)NC2(C(=O)O)CCC2)c1. The number of carbonyl (C=O) groups excluding carboxylic acids is 1. The van der Waals surface area contributed by atoms with Gasteiger partial charge < -0.3 is 9.84 Å². The molecule has 8 heteroatoms. The highest BCUT2D eigenvalue weighted by atomic mass is 32.2. The van der Waals surface area contributed by atoms with Crippen LogP contribution in [0.25, 0.3) is 0 Å². The van der Waals surface area contributed by atoms with Crippen molar-refractivity contribution < 1.29 is 27.9 Å². The number of nitrogens with one attached hydrogen (secondary N) is 1. The third-order valence-electron chi connectivity index (χ3n) is 3.51. The van der Waals surface area contributed by atoms with E-state index in [4.69, 9.17) is 0 Å². The lowest BCUT2D eigenvalue weighted by molar-refractivity contribution is -0.147. The molecule has 114 valence electrons. The number of aliphatic carboxylic acids is 1. The van der Waals surface area contributed by atoms with Gasteiger partial charge in [-0.25, -0.2) is 13.2 Å². The van der Waals surface area contributed by atoms with Crippen molar-refractivity contribution in [1.29, 1.82) is 0 Å². The first-order valence-corrected chi connectivity index (χ1v) is 7.75. The second-order valence-corrected chi connectivity index (χ2v) is 6.55.